The summed E-state index contributed by atoms with van der Waals surface area (Å²) in [7, 11) is 1.36. The Morgan fingerprint density at radius 1 is 1.06 bits per heavy atom. The van der Waals surface area contributed by atoms with Crippen LogP contribution in [0.4, 0.5) is 10.5 Å². The van der Waals surface area contributed by atoms with Crippen LogP contribution in [0, 0.1) is 13.8 Å². The van der Waals surface area contributed by atoms with Crippen LogP contribution < -0.4 is 10.2 Å². The third-order valence-electron chi connectivity index (χ3n) is 5.42. The molecule has 9 nitrogen and oxygen atoms in total. The second-order valence-corrected chi connectivity index (χ2v) is 9.00. The van der Waals surface area contributed by atoms with Crippen LogP contribution >= 0.6 is 0 Å². The van der Waals surface area contributed by atoms with Gasteiger partial charge in [0.05, 0.1) is 20.1 Å². The fourth-order valence-electron chi connectivity index (χ4n) is 3.82. The van der Waals surface area contributed by atoms with Crippen molar-refractivity contribution >= 4 is 23.7 Å². The molecule has 0 unspecified atom stereocenters. The maximum absolute atomic E-state index is 12.4. The van der Waals surface area contributed by atoms with Crippen LogP contribution in [0.3, 0.4) is 0 Å². The number of carbonyl (C=O) groups is 3. The first-order valence-corrected chi connectivity index (χ1v) is 10.8. The van der Waals surface area contributed by atoms with E-state index in [4.69, 9.17) is 14.6 Å². The van der Waals surface area contributed by atoms with E-state index in [9.17, 15) is 14.4 Å². The summed E-state index contributed by atoms with van der Waals surface area (Å²) in [6.07, 6.45) is -0.178. The van der Waals surface area contributed by atoms with Crippen LogP contribution in [-0.4, -0.2) is 73.5 Å². The number of ether oxygens (including phenoxy) is 2. The van der Waals surface area contributed by atoms with Crippen molar-refractivity contribution in [3.63, 3.8) is 0 Å². The highest BCUT2D eigenvalue weighted by Crippen LogP contribution is 2.32. The quantitative estimate of drug-likeness (QED) is 0.610. The molecular weight excluding hydrogens is 414 g/mol. The van der Waals surface area contributed by atoms with E-state index in [1.807, 2.05) is 40.7 Å². The number of esters is 1. The monoisotopic (exact) mass is 449 g/mol. The zero-order valence-corrected chi connectivity index (χ0v) is 19.9. The smallest absolute Gasteiger partial charge is 0.410 e. The summed E-state index contributed by atoms with van der Waals surface area (Å²) in [6, 6.07) is 1.94. The van der Waals surface area contributed by atoms with E-state index in [2.05, 4.69) is 10.2 Å². The van der Waals surface area contributed by atoms with Crippen molar-refractivity contribution in [1.82, 2.24) is 10.2 Å². The Morgan fingerprint density at radius 3 is 2.19 bits per heavy atom. The Bertz CT molecular complexity index is 854. The molecule has 1 saturated heterocycles. The van der Waals surface area contributed by atoms with Gasteiger partial charge in [-0.1, -0.05) is 6.07 Å². The Labute approximate surface area is 189 Å². The lowest BCUT2D eigenvalue weighted by atomic mass is 9.94. The minimum Gasteiger partial charge on any atom is -0.480 e. The minimum absolute atomic E-state index is 0.138. The first-order chi connectivity index (χ1) is 14.9. The molecule has 1 amide bonds. The van der Waals surface area contributed by atoms with Crippen LogP contribution in [-0.2, 0) is 32.0 Å². The van der Waals surface area contributed by atoms with Crippen molar-refractivity contribution in [3.05, 3.63) is 28.3 Å². The number of piperazine rings is 1. The number of anilines is 1. The molecule has 1 fully saturated rings. The molecular formula is C23H35N3O6. The van der Waals surface area contributed by atoms with Gasteiger partial charge >= 0.3 is 18.0 Å². The van der Waals surface area contributed by atoms with Gasteiger partial charge in [-0.25, -0.2) is 4.79 Å². The van der Waals surface area contributed by atoms with E-state index in [-0.39, 0.29) is 25.0 Å². The van der Waals surface area contributed by atoms with Crippen molar-refractivity contribution in [2.24, 2.45) is 0 Å². The highest BCUT2D eigenvalue weighted by molar-refractivity contribution is 5.76. The Hall–Kier alpha value is -2.81. The number of hydrogen-bond acceptors (Lipinski definition) is 7. The predicted molar refractivity (Wildman–Crippen MR) is 121 cm³/mol. The van der Waals surface area contributed by atoms with Gasteiger partial charge in [0, 0.05) is 38.4 Å². The Balaban J connectivity index is 2.27. The first kappa shape index (κ1) is 25.5. The average Bonchev–Trinajstić information content (AvgIpc) is 2.70. The number of carbonyl (C=O) groups excluding carboxylic acids is 2. The second kappa shape index (κ2) is 10.7. The van der Waals surface area contributed by atoms with Crippen LogP contribution in [0.2, 0.25) is 0 Å². The standard InChI is InChI=1S/C23H35N3O6/c1-15-17(12-20(29)31-6)11-18(13-24-14-19(27)28)16(2)21(15)25-7-9-26(10-8-25)22(30)32-23(3,4)5/h11,24H,7-10,12-14H2,1-6H3,(H,27,28). The summed E-state index contributed by atoms with van der Waals surface area (Å²) in [6.45, 7) is 12.1. The third-order valence-corrected chi connectivity index (χ3v) is 5.42. The van der Waals surface area contributed by atoms with Crippen molar-refractivity contribution in [1.29, 1.82) is 0 Å². The lowest BCUT2D eigenvalue weighted by Crippen LogP contribution is -2.50. The predicted octanol–water partition coefficient (Wildman–Crippen LogP) is 2.25. The molecule has 0 aromatic heterocycles. The number of rotatable bonds is 7. The lowest BCUT2D eigenvalue weighted by Gasteiger charge is -2.38. The number of nitrogens with one attached hydrogen (secondary N) is 1. The molecule has 9 heteroatoms. The lowest BCUT2D eigenvalue weighted by molar-refractivity contribution is -0.140. The van der Waals surface area contributed by atoms with E-state index >= 15 is 0 Å². The molecule has 2 rings (SSSR count). The summed E-state index contributed by atoms with van der Waals surface area (Å²) >= 11 is 0. The number of aliphatic carboxylic acids is 1. The van der Waals surface area contributed by atoms with E-state index in [1.165, 1.54) is 7.11 Å². The normalized spacial score (nSPS) is 14.3. The van der Waals surface area contributed by atoms with Crippen LogP contribution in [0.15, 0.2) is 6.07 Å². The molecule has 0 bridgehead atoms. The molecule has 0 radical (unpaired) electrons. The highest BCUT2D eigenvalue weighted by Gasteiger charge is 2.28. The molecule has 178 valence electrons. The number of methoxy groups -OCH3 is 1. The number of amides is 1. The van der Waals surface area contributed by atoms with Crippen molar-refractivity contribution < 1.29 is 29.0 Å². The minimum atomic E-state index is -0.928. The van der Waals surface area contributed by atoms with Crippen LogP contribution in [0.25, 0.3) is 0 Å². The number of nitrogens with zero attached hydrogens (tertiary/aromatic N) is 2. The first-order valence-electron chi connectivity index (χ1n) is 10.8. The van der Waals surface area contributed by atoms with E-state index in [0.29, 0.717) is 32.7 Å². The maximum Gasteiger partial charge on any atom is 0.410 e. The summed E-state index contributed by atoms with van der Waals surface area (Å²) in [4.78, 5) is 39.2. The molecule has 1 aliphatic heterocycles. The SMILES string of the molecule is COC(=O)Cc1cc(CNCC(=O)O)c(C)c(N2CCN(C(=O)OC(C)(C)C)CC2)c1C. The van der Waals surface area contributed by atoms with Gasteiger partial charge in [-0.2, -0.15) is 0 Å². The molecule has 1 aromatic rings. The molecule has 1 heterocycles. The molecule has 0 spiro atoms. The van der Waals surface area contributed by atoms with E-state index in [0.717, 1.165) is 27.9 Å². The largest absolute Gasteiger partial charge is 0.480 e. The number of benzene rings is 1. The summed E-state index contributed by atoms with van der Waals surface area (Å²) in [5, 5.41) is 11.9. The topological polar surface area (TPSA) is 108 Å². The van der Waals surface area contributed by atoms with Crippen molar-refractivity contribution in [3.8, 4) is 0 Å². The molecule has 1 aromatic carbocycles. The van der Waals surface area contributed by atoms with Gasteiger partial charge in [-0.3, -0.25) is 9.59 Å². The van der Waals surface area contributed by atoms with Crippen LogP contribution in [0.1, 0.15) is 43.0 Å². The van der Waals surface area contributed by atoms with Crippen molar-refractivity contribution in [2.75, 3.05) is 44.7 Å². The molecule has 1 aliphatic rings. The molecule has 0 saturated carbocycles. The second-order valence-electron chi connectivity index (χ2n) is 9.00. The number of carboxylic acids is 1. The van der Waals surface area contributed by atoms with Gasteiger partial charge in [0.15, 0.2) is 0 Å². The molecule has 0 atom stereocenters. The van der Waals surface area contributed by atoms with Gasteiger partial charge < -0.3 is 29.7 Å². The van der Waals surface area contributed by atoms with Gasteiger partial charge in [0.1, 0.15) is 5.60 Å². The number of hydrogen-bond donors (Lipinski definition) is 2. The molecule has 2 N–H and O–H groups in total. The zero-order valence-electron chi connectivity index (χ0n) is 19.9. The van der Waals surface area contributed by atoms with E-state index in [1.54, 1.807) is 4.90 Å². The fraction of sp³-hybridized carbons (Fsp3) is 0.609. The molecule has 32 heavy (non-hydrogen) atoms. The van der Waals surface area contributed by atoms with Gasteiger partial charge in [-0.05, 0) is 56.9 Å². The highest BCUT2D eigenvalue weighted by atomic mass is 16.6. The van der Waals surface area contributed by atoms with Gasteiger partial charge in [-0.15, -0.1) is 0 Å². The maximum atomic E-state index is 12.4. The van der Waals surface area contributed by atoms with Gasteiger partial charge in [0.2, 0.25) is 0 Å². The Kier molecular flexibility index (Phi) is 8.49. The van der Waals surface area contributed by atoms with E-state index < -0.39 is 11.6 Å². The fourth-order valence-corrected chi connectivity index (χ4v) is 3.82. The Morgan fingerprint density at radius 2 is 1.66 bits per heavy atom. The summed E-state index contributed by atoms with van der Waals surface area (Å²) in [5.41, 5.74) is 4.27. The zero-order chi connectivity index (χ0) is 24.1. The summed E-state index contributed by atoms with van der Waals surface area (Å²) < 4.78 is 10.3. The number of carboxylic acid groups (broad SMARTS) is 1. The third kappa shape index (κ3) is 6.85. The summed E-state index contributed by atoms with van der Waals surface area (Å²) in [5.74, 6) is -1.26. The van der Waals surface area contributed by atoms with Crippen molar-refractivity contribution in [2.45, 2.75) is 53.2 Å². The molecule has 0 aliphatic carbocycles. The average molecular weight is 450 g/mol. The van der Waals surface area contributed by atoms with Crippen LogP contribution in [0.5, 0.6) is 0 Å². The van der Waals surface area contributed by atoms with Gasteiger partial charge in [0.25, 0.3) is 0 Å².